The molecule has 1 aromatic heterocycles. The molecule has 0 amide bonds. The summed E-state index contributed by atoms with van der Waals surface area (Å²) in [7, 11) is 0. The summed E-state index contributed by atoms with van der Waals surface area (Å²) in [4.78, 5) is 2.44. The topological polar surface area (TPSA) is 21.1 Å². The van der Waals surface area contributed by atoms with Gasteiger partial charge in [-0.3, -0.25) is 9.58 Å². The molecule has 1 aliphatic rings. The number of hydrogen-bond acceptors (Lipinski definition) is 2. The average molecular weight is 285 g/mol. The first-order chi connectivity index (χ1) is 10.3. The number of hydrogen-bond donors (Lipinski definition) is 0. The van der Waals surface area contributed by atoms with Crippen LogP contribution in [0.4, 0.5) is 4.39 Å². The number of benzene rings is 1. The Labute approximate surface area is 124 Å². The van der Waals surface area contributed by atoms with Crippen molar-refractivity contribution in [2.24, 2.45) is 0 Å². The van der Waals surface area contributed by atoms with Gasteiger partial charge in [-0.1, -0.05) is 24.3 Å². The predicted molar refractivity (Wildman–Crippen MR) is 82.4 cm³/mol. The SMILES string of the molecule is Fc1ccc(/C=C/CN2CCC(n3cccn3)CC2)cc1. The van der Waals surface area contributed by atoms with Crippen LogP contribution >= 0.6 is 0 Å². The fraction of sp³-hybridized carbons (Fsp3) is 0.353. The number of likely N-dealkylation sites (tertiary alicyclic amines) is 1. The molecular weight excluding hydrogens is 265 g/mol. The number of nitrogens with zero attached hydrogens (tertiary/aromatic N) is 3. The van der Waals surface area contributed by atoms with Crippen molar-refractivity contribution >= 4 is 6.08 Å². The van der Waals surface area contributed by atoms with Gasteiger partial charge < -0.3 is 0 Å². The Kier molecular flexibility index (Phi) is 4.46. The van der Waals surface area contributed by atoms with E-state index >= 15 is 0 Å². The van der Waals surface area contributed by atoms with Crippen LogP contribution in [0.25, 0.3) is 6.08 Å². The van der Waals surface area contributed by atoms with Gasteiger partial charge in [0.15, 0.2) is 0 Å². The fourth-order valence-electron chi connectivity index (χ4n) is 2.77. The number of rotatable bonds is 4. The maximum absolute atomic E-state index is 12.8. The van der Waals surface area contributed by atoms with Gasteiger partial charge in [-0.05, 0) is 36.6 Å². The summed E-state index contributed by atoms with van der Waals surface area (Å²) in [5.74, 6) is -0.187. The molecule has 0 bridgehead atoms. The van der Waals surface area contributed by atoms with Crippen molar-refractivity contribution in [3.8, 4) is 0 Å². The molecule has 2 aromatic rings. The lowest BCUT2D eigenvalue weighted by Crippen LogP contribution is -2.34. The van der Waals surface area contributed by atoms with Crippen LogP contribution in [0.15, 0.2) is 48.8 Å². The third kappa shape index (κ3) is 3.79. The van der Waals surface area contributed by atoms with Gasteiger partial charge in [-0.2, -0.15) is 5.10 Å². The fourth-order valence-corrected chi connectivity index (χ4v) is 2.77. The van der Waals surface area contributed by atoms with Crippen molar-refractivity contribution in [1.82, 2.24) is 14.7 Å². The van der Waals surface area contributed by atoms with Gasteiger partial charge in [-0.25, -0.2) is 4.39 Å². The van der Waals surface area contributed by atoms with Crippen LogP contribution in [-0.4, -0.2) is 34.3 Å². The van der Waals surface area contributed by atoms with E-state index in [0.717, 1.165) is 38.0 Å². The Hall–Kier alpha value is -1.94. The predicted octanol–water partition coefficient (Wildman–Crippen LogP) is 3.37. The summed E-state index contributed by atoms with van der Waals surface area (Å²) in [5.41, 5.74) is 1.04. The molecule has 1 saturated heterocycles. The molecule has 0 radical (unpaired) electrons. The smallest absolute Gasteiger partial charge is 0.123 e. The van der Waals surface area contributed by atoms with Gasteiger partial charge >= 0.3 is 0 Å². The molecule has 2 heterocycles. The normalized spacial score (nSPS) is 17.6. The average Bonchev–Trinajstić information content (AvgIpc) is 3.04. The van der Waals surface area contributed by atoms with E-state index in [4.69, 9.17) is 0 Å². The van der Waals surface area contributed by atoms with Crippen LogP contribution < -0.4 is 0 Å². The van der Waals surface area contributed by atoms with Crippen molar-refractivity contribution in [2.75, 3.05) is 19.6 Å². The van der Waals surface area contributed by atoms with Crippen LogP contribution in [-0.2, 0) is 0 Å². The molecule has 0 unspecified atom stereocenters. The lowest BCUT2D eigenvalue weighted by molar-refractivity contribution is 0.195. The molecule has 21 heavy (non-hydrogen) atoms. The Morgan fingerprint density at radius 3 is 2.62 bits per heavy atom. The van der Waals surface area contributed by atoms with Crippen molar-refractivity contribution in [1.29, 1.82) is 0 Å². The zero-order chi connectivity index (χ0) is 14.5. The van der Waals surface area contributed by atoms with E-state index in [-0.39, 0.29) is 5.82 Å². The Morgan fingerprint density at radius 1 is 1.19 bits per heavy atom. The third-order valence-electron chi connectivity index (χ3n) is 4.00. The van der Waals surface area contributed by atoms with Gasteiger partial charge in [0.25, 0.3) is 0 Å². The van der Waals surface area contributed by atoms with Crippen LogP contribution in [0, 0.1) is 5.82 Å². The molecule has 0 atom stereocenters. The summed E-state index contributed by atoms with van der Waals surface area (Å²) in [5, 5.41) is 4.33. The summed E-state index contributed by atoms with van der Waals surface area (Å²) < 4.78 is 14.9. The van der Waals surface area contributed by atoms with Crippen LogP contribution in [0.2, 0.25) is 0 Å². The second-order valence-corrected chi connectivity index (χ2v) is 5.47. The summed E-state index contributed by atoms with van der Waals surface area (Å²) >= 11 is 0. The Bertz CT molecular complexity index is 567. The van der Waals surface area contributed by atoms with Crippen LogP contribution in [0.3, 0.4) is 0 Å². The first kappa shape index (κ1) is 14.0. The van der Waals surface area contributed by atoms with Crippen molar-refractivity contribution in [2.45, 2.75) is 18.9 Å². The maximum Gasteiger partial charge on any atom is 0.123 e. The minimum absolute atomic E-state index is 0.187. The highest BCUT2D eigenvalue weighted by Crippen LogP contribution is 2.21. The Balaban J connectivity index is 1.46. The summed E-state index contributed by atoms with van der Waals surface area (Å²) in [6.07, 6.45) is 10.4. The molecule has 0 spiro atoms. The number of piperidine rings is 1. The van der Waals surface area contributed by atoms with Crippen molar-refractivity contribution in [3.63, 3.8) is 0 Å². The minimum Gasteiger partial charge on any atom is -0.300 e. The lowest BCUT2D eigenvalue weighted by Gasteiger charge is -2.31. The number of aromatic nitrogens is 2. The first-order valence-corrected chi connectivity index (χ1v) is 7.45. The standard InChI is InChI=1S/C17H20FN3/c18-16-6-4-15(5-7-16)3-1-11-20-13-8-17(9-14-20)21-12-2-10-19-21/h1-7,10,12,17H,8-9,11,13-14H2/b3-1+. The van der Waals surface area contributed by atoms with E-state index in [1.165, 1.54) is 12.1 Å². The van der Waals surface area contributed by atoms with Crippen LogP contribution in [0.1, 0.15) is 24.4 Å². The van der Waals surface area contributed by atoms with Crippen molar-refractivity contribution in [3.05, 3.63) is 60.2 Å². The summed E-state index contributed by atoms with van der Waals surface area (Å²) in [6.45, 7) is 3.14. The molecule has 3 nitrogen and oxygen atoms in total. The van der Waals surface area contributed by atoms with Gasteiger partial charge in [-0.15, -0.1) is 0 Å². The van der Waals surface area contributed by atoms with E-state index < -0.39 is 0 Å². The first-order valence-electron chi connectivity index (χ1n) is 7.45. The van der Waals surface area contributed by atoms with E-state index in [1.807, 2.05) is 12.3 Å². The molecule has 0 saturated carbocycles. The van der Waals surface area contributed by atoms with Gasteiger partial charge in [0.1, 0.15) is 5.82 Å². The van der Waals surface area contributed by atoms with E-state index in [2.05, 4.69) is 33.0 Å². The molecule has 0 aliphatic carbocycles. The molecule has 1 aromatic carbocycles. The molecule has 1 fully saturated rings. The van der Waals surface area contributed by atoms with Gasteiger partial charge in [0.2, 0.25) is 0 Å². The zero-order valence-electron chi connectivity index (χ0n) is 12.0. The molecule has 1 aliphatic heterocycles. The monoisotopic (exact) mass is 285 g/mol. The van der Waals surface area contributed by atoms with Crippen molar-refractivity contribution < 1.29 is 4.39 Å². The molecule has 4 heteroatoms. The van der Waals surface area contributed by atoms with Gasteiger partial charge in [0.05, 0.1) is 6.04 Å². The van der Waals surface area contributed by atoms with E-state index in [9.17, 15) is 4.39 Å². The minimum atomic E-state index is -0.187. The maximum atomic E-state index is 12.8. The van der Waals surface area contributed by atoms with Gasteiger partial charge in [0, 0.05) is 32.0 Å². The largest absolute Gasteiger partial charge is 0.300 e. The highest BCUT2D eigenvalue weighted by molar-refractivity contribution is 5.48. The highest BCUT2D eigenvalue weighted by atomic mass is 19.1. The zero-order valence-corrected chi connectivity index (χ0v) is 12.0. The highest BCUT2D eigenvalue weighted by Gasteiger charge is 2.19. The second-order valence-electron chi connectivity index (χ2n) is 5.47. The number of halogens is 1. The Morgan fingerprint density at radius 2 is 1.95 bits per heavy atom. The van der Waals surface area contributed by atoms with Crippen LogP contribution in [0.5, 0.6) is 0 Å². The van der Waals surface area contributed by atoms with E-state index in [1.54, 1.807) is 12.1 Å². The molecule has 3 rings (SSSR count). The van der Waals surface area contributed by atoms with E-state index in [0.29, 0.717) is 6.04 Å². The summed E-state index contributed by atoms with van der Waals surface area (Å²) in [6, 6.07) is 9.12. The third-order valence-corrected chi connectivity index (χ3v) is 4.00. The second kappa shape index (κ2) is 6.68. The quantitative estimate of drug-likeness (QED) is 0.858. The lowest BCUT2D eigenvalue weighted by atomic mass is 10.1. The molecule has 0 N–H and O–H groups in total. The molecular formula is C17H20FN3. The molecule has 110 valence electrons.